The molecule has 4 rings (SSSR count). The Morgan fingerprint density at radius 1 is 1.17 bits per heavy atom. The maximum Gasteiger partial charge on any atom is 0.237 e. The fourth-order valence-corrected chi connectivity index (χ4v) is 4.36. The Kier molecular flexibility index (Phi) is 4.79. The first-order chi connectivity index (χ1) is 11.7. The molecular formula is C19H25ClN2O2. The highest BCUT2D eigenvalue weighted by Gasteiger charge is 2.42. The van der Waals surface area contributed by atoms with E-state index in [1.807, 2.05) is 12.1 Å². The van der Waals surface area contributed by atoms with E-state index in [0.29, 0.717) is 12.0 Å². The minimum absolute atomic E-state index is 0.0552. The van der Waals surface area contributed by atoms with Crippen molar-refractivity contribution in [2.24, 2.45) is 0 Å². The summed E-state index contributed by atoms with van der Waals surface area (Å²) in [6.07, 6.45) is 5.26. The van der Waals surface area contributed by atoms with Crippen LogP contribution in [0.4, 0.5) is 0 Å². The van der Waals surface area contributed by atoms with Crippen molar-refractivity contribution in [1.82, 2.24) is 10.2 Å². The summed E-state index contributed by atoms with van der Waals surface area (Å²) in [6.45, 7) is 2.71. The summed E-state index contributed by atoms with van der Waals surface area (Å²) >= 11 is 5.95. The Morgan fingerprint density at radius 3 is 2.67 bits per heavy atom. The molecule has 0 aromatic heterocycles. The molecular weight excluding hydrogens is 324 g/mol. The average Bonchev–Trinajstić information content (AvgIpc) is 3.19. The highest BCUT2D eigenvalue weighted by Crippen LogP contribution is 2.41. The molecule has 2 aliphatic heterocycles. The highest BCUT2D eigenvalue weighted by molar-refractivity contribution is 6.30. The molecule has 130 valence electrons. The van der Waals surface area contributed by atoms with Crippen molar-refractivity contribution >= 4 is 17.5 Å². The van der Waals surface area contributed by atoms with Gasteiger partial charge in [-0.1, -0.05) is 23.7 Å². The van der Waals surface area contributed by atoms with E-state index in [2.05, 4.69) is 22.3 Å². The van der Waals surface area contributed by atoms with Crippen LogP contribution >= 0.6 is 11.6 Å². The van der Waals surface area contributed by atoms with E-state index in [-0.39, 0.29) is 18.0 Å². The summed E-state index contributed by atoms with van der Waals surface area (Å²) in [6, 6.07) is 8.86. The number of rotatable bonds is 4. The van der Waals surface area contributed by atoms with Gasteiger partial charge in [-0.15, -0.1) is 0 Å². The number of carbonyl (C=O) groups is 1. The zero-order chi connectivity index (χ0) is 16.5. The molecule has 1 aromatic carbocycles. The van der Waals surface area contributed by atoms with Gasteiger partial charge < -0.3 is 10.1 Å². The SMILES string of the molecule is O=C(N[C@@H]1C[C@H]1c1ccc(Cl)cc1)[C@H]1CCCN1C1CCOCC1. The molecule has 3 atom stereocenters. The van der Waals surface area contributed by atoms with Crippen LogP contribution in [0.15, 0.2) is 24.3 Å². The van der Waals surface area contributed by atoms with E-state index in [1.165, 1.54) is 5.56 Å². The van der Waals surface area contributed by atoms with E-state index in [4.69, 9.17) is 16.3 Å². The summed E-state index contributed by atoms with van der Waals surface area (Å²) in [7, 11) is 0. The third kappa shape index (κ3) is 3.46. The maximum absolute atomic E-state index is 12.8. The van der Waals surface area contributed by atoms with Gasteiger partial charge in [-0.25, -0.2) is 0 Å². The molecule has 5 heteroatoms. The number of nitrogens with one attached hydrogen (secondary N) is 1. The van der Waals surface area contributed by atoms with E-state index >= 15 is 0 Å². The van der Waals surface area contributed by atoms with Gasteiger partial charge in [0, 0.05) is 36.2 Å². The van der Waals surface area contributed by atoms with Crippen molar-refractivity contribution < 1.29 is 9.53 Å². The number of amides is 1. The second-order valence-corrected chi connectivity index (χ2v) is 7.68. The van der Waals surface area contributed by atoms with Crippen molar-refractivity contribution in [3.05, 3.63) is 34.9 Å². The fourth-order valence-electron chi connectivity index (χ4n) is 4.24. The van der Waals surface area contributed by atoms with Crippen LogP contribution in [-0.2, 0) is 9.53 Å². The van der Waals surface area contributed by atoms with Crippen molar-refractivity contribution in [3.63, 3.8) is 0 Å². The van der Waals surface area contributed by atoms with E-state index in [9.17, 15) is 4.79 Å². The molecule has 0 unspecified atom stereocenters. The van der Waals surface area contributed by atoms with Gasteiger partial charge in [0.05, 0.1) is 6.04 Å². The number of likely N-dealkylation sites (tertiary alicyclic amines) is 1. The molecule has 3 fully saturated rings. The largest absolute Gasteiger partial charge is 0.381 e. The van der Waals surface area contributed by atoms with Gasteiger partial charge in [0.15, 0.2) is 0 Å². The maximum atomic E-state index is 12.8. The number of hydrogen-bond acceptors (Lipinski definition) is 3. The van der Waals surface area contributed by atoms with Crippen LogP contribution in [-0.4, -0.2) is 48.7 Å². The number of carbonyl (C=O) groups excluding carboxylic acids is 1. The predicted molar refractivity (Wildman–Crippen MR) is 94.3 cm³/mol. The monoisotopic (exact) mass is 348 g/mol. The van der Waals surface area contributed by atoms with Crippen LogP contribution in [0.1, 0.15) is 43.6 Å². The molecule has 2 heterocycles. The van der Waals surface area contributed by atoms with Crippen LogP contribution < -0.4 is 5.32 Å². The predicted octanol–water partition coefficient (Wildman–Crippen LogP) is 2.96. The smallest absolute Gasteiger partial charge is 0.237 e. The lowest BCUT2D eigenvalue weighted by atomic mass is 10.1. The van der Waals surface area contributed by atoms with Crippen molar-refractivity contribution in [2.45, 2.75) is 56.1 Å². The van der Waals surface area contributed by atoms with Crippen molar-refractivity contribution in [2.75, 3.05) is 19.8 Å². The first-order valence-corrected chi connectivity index (χ1v) is 9.49. The Hall–Kier alpha value is -1.10. The van der Waals surface area contributed by atoms with Gasteiger partial charge in [-0.3, -0.25) is 9.69 Å². The molecule has 4 nitrogen and oxygen atoms in total. The minimum Gasteiger partial charge on any atom is -0.381 e. The number of hydrogen-bond donors (Lipinski definition) is 1. The summed E-state index contributed by atoms with van der Waals surface area (Å²) < 4.78 is 5.46. The topological polar surface area (TPSA) is 41.6 Å². The molecule has 1 amide bonds. The molecule has 1 aliphatic carbocycles. The minimum atomic E-state index is 0.0552. The number of ether oxygens (including phenoxy) is 1. The lowest BCUT2D eigenvalue weighted by Gasteiger charge is -2.34. The van der Waals surface area contributed by atoms with Gasteiger partial charge in [0.2, 0.25) is 5.91 Å². The summed E-state index contributed by atoms with van der Waals surface area (Å²) in [5.74, 6) is 0.671. The summed E-state index contributed by atoms with van der Waals surface area (Å²) in [5.41, 5.74) is 1.28. The second kappa shape index (κ2) is 7.03. The number of benzene rings is 1. The molecule has 0 bridgehead atoms. The highest BCUT2D eigenvalue weighted by atomic mass is 35.5. The summed E-state index contributed by atoms with van der Waals surface area (Å²) in [5, 5.41) is 4.05. The average molecular weight is 349 g/mol. The molecule has 0 radical (unpaired) electrons. The Balaban J connectivity index is 1.33. The van der Waals surface area contributed by atoms with Crippen LogP contribution in [0, 0.1) is 0 Å². The van der Waals surface area contributed by atoms with E-state index in [1.54, 1.807) is 0 Å². The normalized spacial score (nSPS) is 31.1. The van der Waals surface area contributed by atoms with Crippen LogP contribution in [0.3, 0.4) is 0 Å². The Labute approximate surface area is 148 Å². The molecule has 1 N–H and O–H groups in total. The zero-order valence-corrected chi connectivity index (χ0v) is 14.7. The molecule has 3 aliphatic rings. The summed E-state index contributed by atoms with van der Waals surface area (Å²) in [4.78, 5) is 15.2. The Morgan fingerprint density at radius 2 is 1.92 bits per heavy atom. The third-order valence-electron chi connectivity index (χ3n) is 5.67. The molecule has 1 aromatic rings. The molecule has 0 spiro atoms. The first kappa shape index (κ1) is 16.4. The van der Waals surface area contributed by atoms with Crippen molar-refractivity contribution in [3.8, 4) is 0 Å². The third-order valence-corrected chi connectivity index (χ3v) is 5.92. The van der Waals surface area contributed by atoms with Crippen molar-refractivity contribution in [1.29, 1.82) is 0 Å². The lowest BCUT2D eigenvalue weighted by molar-refractivity contribution is -0.127. The van der Waals surface area contributed by atoms with Gasteiger partial charge in [0.1, 0.15) is 0 Å². The van der Waals surface area contributed by atoms with E-state index < -0.39 is 0 Å². The molecule has 2 saturated heterocycles. The van der Waals surface area contributed by atoms with Gasteiger partial charge in [-0.2, -0.15) is 0 Å². The fraction of sp³-hybridized carbons (Fsp3) is 0.632. The number of halogens is 1. The Bertz CT molecular complexity index is 586. The molecule has 24 heavy (non-hydrogen) atoms. The lowest BCUT2D eigenvalue weighted by Crippen LogP contribution is -2.49. The van der Waals surface area contributed by atoms with Crippen LogP contribution in [0.25, 0.3) is 0 Å². The van der Waals surface area contributed by atoms with Crippen LogP contribution in [0.2, 0.25) is 5.02 Å². The second-order valence-electron chi connectivity index (χ2n) is 7.25. The number of nitrogens with zero attached hydrogens (tertiary/aromatic N) is 1. The van der Waals surface area contributed by atoms with Gasteiger partial charge in [0.25, 0.3) is 0 Å². The van der Waals surface area contributed by atoms with Gasteiger partial charge >= 0.3 is 0 Å². The van der Waals surface area contributed by atoms with Crippen LogP contribution in [0.5, 0.6) is 0 Å². The standard InChI is InChI=1S/C19H25ClN2O2/c20-14-5-3-13(4-6-14)16-12-17(16)21-19(23)18-2-1-9-22(18)15-7-10-24-11-8-15/h3-6,15-18H,1-2,7-12H2,(H,21,23)/t16-,17+,18+/m0/s1. The van der Waals surface area contributed by atoms with Gasteiger partial charge in [-0.05, 0) is 56.3 Å². The van der Waals surface area contributed by atoms with E-state index in [0.717, 1.165) is 56.9 Å². The first-order valence-electron chi connectivity index (χ1n) is 9.12. The quantitative estimate of drug-likeness (QED) is 0.909. The molecule has 1 saturated carbocycles. The zero-order valence-electron chi connectivity index (χ0n) is 13.9.